The first-order chi connectivity index (χ1) is 19.9. The number of nitrogens with zero attached hydrogens (tertiary/aromatic N) is 9. The predicted octanol–water partition coefficient (Wildman–Crippen LogP) is 2.96. The van der Waals surface area contributed by atoms with E-state index < -0.39 is 11.7 Å². The fourth-order valence-corrected chi connectivity index (χ4v) is 5.58. The van der Waals surface area contributed by atoms with E-state index in [1.165, 1.54) is 15.6 Å². The molecule has 1 amide bonds. The summed E-state index contributed by atoms with van der Waals surface area (Å²) in [4.78, 5) is 25.9. The van der Waals surface area contributed by atoms with E-state index in [-0.39, 0.29) is 23.7 Å². The first kappa shape index (κ1) is 30.6. The van der Waals surface area contributed by atoms with Gasteiger partial charge in [-0.05, 0) is 46.4 Å². The number of amides is 1. The van der Waals surface area contributed by atoms with Gasteiger partial charge in [-0.2, -0.15) is 20.0 Å². The van der Waals surface area contributed by atoms with Gasteiger partial charge in [-0.1, -0.05) is 11.6 Å². The number of nitriles is 2. The summed E-state index contributed by atoms with van der Waals surface area (Å²) in [6.07, 6.45) is 0.882. The number of aliphatic hydroxyl groups is 1. The molecule has 0 saturated carbocycles. The van der Waals surface area contributed by atoms with Gasteiger partial charge < -0.3 is 30.6 Å². The van der Waals surface area contributed by atoms with Crippen molar-refractivity contribution in [1.29, 1.82) is 10.5 Å². The molecule has 0 unspecified atom stereocenters. The molecule has 1 fully saturated rings. The number of piperidine rings is 1. The number of likely N-dealkylation sites (N-methyl/N-ethyl adjacent to an activating group) is 2. The lowest BCUT2D eigenvalue weighted by Crippen LogP contribution is -2.61. The zero-order chi connectivity index (χ0) is 30.8. The highest BCUT2D eigenvalue weighted by Crippen LogP contribution is 2.38. The second-order valence-electron chi connectivity index (χ2n) is 10.9. The number of rotatable bonds is 9. The van der Waals surface area contributed by atoms with Crippen molar-refractivity contribution in [2.24, 2.45) is 0 Å². The molecule has 1 aromatic carbocycles. The molecule has 4 N–H and O–H groups in total. The van der Waals surface area contributed by atoms with Crippen LogP contribution in [0.2, 0.25) is 5.02 Å². The quantitative estimate of drug-likeness (QED) is 0.284. The Morgan fingerprint density at radius 1 is 1.26 bits per heavy atom. The highest BCUT2D eigenvalue weighted by Gasteiger charge is 2.38. The van der Waals surface area contributed by atoms with Crippen molar-refractivity contribution in [3.8, 4) is 12.1 Å². The van der Waals surface area contributed by atoms with Crippen LogP contribution in [0.4, 0.5) is 27.9 Å². The number of nitrogens with one attached hydrogen (secondary N) is 2. The zero-order valence-corrected chi connectivity index (χ0v) is 24.9. The van der Waals surface area contributed by atoms with Gasteiger partial charge in [-0.3, -0.25) is 4.90 Å². The lowest BCUT2D eigenvalue weighted by Gasteiger charge is -2.47. The lowest BCUT2D eigenvalue weighted by atomic mass is 9.94. The number of carboxylic acid groups (broad SMARTS) is 1. The van der Waals surface area contributed by atoms with E-state index in [1.807, 2.05) is 23.8 Å². The highest BCUT2D eigenvalue weighted by atomic mass is 35.5. The van der Waals surface area contributed by atoms with Crippen LogP contribution in [0.15, 0.2) is 18.3 Å². The van der Waals surface area contributed by atoms with Gasteiger partial charge in [0.15, 0.2) is 17.2 Å². The maximum atomic E-state index is 11.9. The zero-order valence-electron chi connectivity index (χ0n) is 24.1. The van der Waals surface area contributed by atoms with Gasteiger partial charge in [0.25, 0.3) is 0 Å². The normalized spacial score (nSPS) is 17.1. The Bertz CT molecular complexity index is 1560. The molecule has 2 aromatic heterocycles. The average molecular weight is 596 g/mol. The summed E-state index contributed by atoms with van der Waals surface area (Å²) < 4.78 is 1.38. The number of halogens is 1. The minimum atomic E-state index is -1.03. The van der Waals surface area contributed by atoms with E-state index in [9.17, 15) is 25.5 Å². The minimum Gasteiger partial charge on any atom is -0.465 e. The third-order valence-corrected chi connectivity index (χ3v) is 7.54. The fraction of sp³-hybridized carbons (Fsp3) is 0.481. The molecule has 0 radical (unpaired) electrons. The largest absolute Gasteiger partial charge is 0.465 e. The summed E-state index contributed by atoms with van der Waals surface area (Å²) in [5.41, 5.74) is 0.944. The Morgan fingerprint density at radius 2 is 2.00 bits per heavy atom. The molecule has 0 spiro atoms. The number of benzene rings is 1. The summed E-state index contributed by atoms with van der Waals surface area (Å²) in [6, 6.07) is 6.92. The molecular formula is C27H34ClN11O3. The summed E-state index contributed by atoms with van der Waals surface area (Å²) >= 11 is 6.95. The van der Waals surface area contributed by atoms with Crippen LogP contribution in [0.25, 0.3) is 5.65 Å². The standard InChI is InChI=1S/C27H34ClN11O3/c1-6-31-23-24-32-13-17(12-30)39(24)35-25(34-23)33-18-9-16(11-29)10-20(22(18)28)38-8-7-19(37(5)26(40)41)21(14-38)36(4)15-27(2,3)42/h9-10,13,19,21,42H,6-8,14-15H2,1-5H3,(H,40,41)(H2,31,33,34,35)/t19-,21-/m1/s1. The van der Waals surface area contributed by atoms with Crippen molar-refractivity contribution < 1.29 is 15.0 Å². The monoisotopic (exact) mass is 595 g/mol. The highest BCUT2D eigenvalue weighted by molar-refractivity contribution is 6.36. The predicted molar refractivity (Wildman–Crippen MR) is 158 cm³/mol. The van der Waals surface area contributed by atoms with Gasteiger partial charge in [0.05, 0.1) is 45.9 Å². The van der Waals surface area contributed by atoms with Crippen molar-refractivity contribution in [1.82, 2.24) is 29.4 Å². The van der Waals surface area contributed by atoms with Crippen LogP contribution in [0.1, 0.15) is 38.4 Å². The Hall–Kier alpha value is -4.37. The van der Waals surface area contributed by atoms with Crippen molar-refractivity contribution in [3.05, 3.63) is 34.6 Å². The molecule has 0 bridgehead atoms. The van der Waals surface area contributed by atoms with Crippen LogP contribution in [0, 0.1) is 22.7 Å². The van der Waals surface area contributed by atoms with Crippen molar-refractivity contribution in [2.75, 3.05) is 55.8 Å². The smallest absolute Gasteiger partial charge is 0.407 e. The average Bonchev–Trinajstić information content (AvgIpc) is 3.36. The van der Waals surface area contributed by atoms with Gasteiger partial charge in [0.2, 0.25) is 5.95 Å². The maximum absolute atomic E-state index is 11.9. The minimum absolute atomic E-state index is 0.139. The summed E-state index contributed by atoms with van der Waals surface area (Å²) in [7, 11) is 3.41. The molecule has 3 aromatic rings. The van der Waals surface area contributed by atoms with Crippen molar-refractivity contribution >= 4 is 46.5 Å². The molecule has 4 rings (SSSR count). The summed E-state index contributed by atoms with van der Waals surface area (Å²) in [5.74, 6) is 0.562. The van der Waals surface area contributed by atoms with Gasteiger partial charge >= 0.3 is 6.09 Å². The first-order valence-electron chi connectivity index (χ1n) is 13.4. The van der Waals surface area contributed by atoms with Gasteiger partial charge in [-0.25, -0.2) is 9.78 Å². The number of imidazole rings is 1. The molecule has 42 heavy (non-hydrogen) atoms. The molecular weight excluding hydrogens is 562 g/mol. The third-order valence-electron chi connectivity index (χ3n) is 7.14. The van der Waals surface area contributed by atoms with E-state index >= 15 is 0 Å². The van der Waals surface area contributed by atoms with Crippen LogP contribution in [-0.4, -0.2) is 104 Å². The maximum Gasteiger partial charge on any atom is 0.407 e. The molecule has 1 aliphatic heterocycles. The van der Waals surface area contributed by atoms with Gasteiger partial charge in [0, 0.05) is 39.3 Å². The molecule has 222 valence electrons. The Labute approximate surface area is 248 Å². The van der Waals surface area contributed by atoms with Crippen LogP contribution in [0.5, 0.6) is 0 Å². The number of carbonyl (C=O) groups is 1. The van der Waals surface area contributed by atoms with E-state index in [2.05, 4.69) is 37.8 Å². The van der Waals surface area contributed by atoms with Crippen molar-refractivity contribution in [3.63, 3.8) is 0 Å². The number of hydrogen-bond donors (Lipinski definition) is 4. The molecule has 1 saturated heterocycles. The number of fused-ring (bicyclic) bond motifs is 1. The molecule has 2 atom stereocenters. The molecule has 14 nitrogen and oxygen atoms in total. The van der Waals surface area contributed by atoms with Crippen LogP contribution >= 0.6 is 11.6 Å². The molecule has 1 aliphatic rings. The number of anilines is 4. The topological polar surface area (TPSA) is 182 Å². The third kappa shape index (κ3) is 6.41. The van der Waals surface area contributed by atoms with Crippen LogP contribution in [-0.2, 0) is 0 Å². The lowest BCUT2D eigenvalue weighted by molar-refractivity contribution is 0.0117. The van der Waals surface area contributed by atoms with Crippen LogP contribution in [0.3, 0.4) is 0 Å². The van der Waals surface area contributed by atoms with E-state index in [0.717, 1.165) is 0 Å². The fourth-order valence-electron chi connectivity index (χ4n) is 5.30. The molecule has 0 aliphatic carbocycles. The Kier molecular flexibility index (Phi) is 8.92. The van der Waals surface area contributed by atoms with E-state index in [4.69, 9.17) is 11.6 Å². The first-order valence-corrected chi connectivity index (χ1v) is 13.8. The number of aromatic nitrogens is 4. The summed E-state index contributed by atoms with van der Waals surface area (Å²) in [6.45, 7) is 7.08. The molecule has 3 heterocycles. The van der Waals surface area contributed by atoms with E-state index in [1.54, 1.807) is 33.0 Å². The second kappa shape index (κ2) is 12.2. The molecule has 15 heteroatoms. The second-order valence-corrected chi connectivity index (χ2v) is 11.3. The Morgan fingerprint density at radius 3 is 2.62 bits per heavy atom. The van der Waals surface area contributed by atoms with Crippen LogP contribution < -0.4 is 15.5 Å². The number of hydrogen-bond acceptors (Lipinski definition) is 11. The SMILES string of the molecule is CCNc1nc(Nc2cc(C#N)cc(N3CC[C@@H](N(C)C(=O)O)[C@H](N(C)CC(C)(C)O)C3)c2Cl)nn2c(C#N)cnc12. The van der Waals surface area contributed by atoms with E-state index in [0.29, 0.717) is 66.0 Å². The van der Waals surface area contributed by atoms with Gasteiger partial charge in [-0.15, -0.1) is 5.10 Å². The summed E-state index contributed by atoms with van der Waals surface area (Å²) in [5, 5.41) is 50.5. The Balaban J connectivity index is 1.72. The van der Waals surface area contributed by atoms with Gasteiger partial charge in [0.1, 0.15) is 6.07 Å². The van der Waals surface area contributed by atoms with Crippen molar-refractivity contribution in [2.45, 2.75) is 44.9 Å².